The first-order chi connectivity index (χ1) is 8.19. The van der Waals surface area contributed by atoms with E-state index in [4.69, 9.17) is 10.5 Å². The van der Waals surface area contributed by atoms with Gasteiger partial charge in [0, 0.05) is 24.1 Å². The van der Waals surface area contributed by atoms with Crippen molar-refractivity contribution in [3.8, 4) is 0 Å². The average molecular weight is 254 g/mol. The minimum atomic E-state index is 0.0155. The maximum absolute atomic E-state index is 6.01. The van der Waals surface area contributed by atoms with Crippen molar-refractivity contribution in [2.24, 2.45) is 5.73 Å². The number of ether oxygens (including phenoxy) is 1. The van der Waals surface area contributed by atoms with E-state index in [1.165, 1.54) is 4.88 Å². The first-order valence-electron chi connectivity index (χ1n) is 6.24. The molecule has 2 N–H and O–H groups in total. The molecule has 0 spiro atoms. The molecule has 2 atom stereocenters. The van der Waals surface area contributed by atoms with Crippen LogP contribution in [0.5, 0.6) is 0 Å². The first-order valence-corrected chi connectivity index (χ1v) is 7.12. The SMILES string of the molecule is CC(c1cccs1)N(C)C1(CN)CCCOC1. The standard InChI is InChI=1S/C13H22N2OS/c1-11(12-5-3-8-17-12)15(2)13(9-14)6-4-7-16-10-13/h3,5,8,11H,4,6-7,9-10,14H2,1-2H3. The Bertz CT molecular complexity index is 333. The molecule has 1 aromatic rings. The van der Waals surface area contributed by atoms with Crippen LogP contribution >= 0.6 is 11.3 Å². The zero-order valence-corrected chi connectivity index (χ0v) is 11.5. The number of nitrogens with two attached hydrogens (primary N) is 1. The quantitative estimate of drug-likeness (QED) is 0.895. The second kappa shape index (κ2) is 5.48. The van der Waals surface area contributed by atoms with Gasteiger partial charge in [0.2, 0.25) is 0 Å². The van der Waals surface area contributed by atoms with Gasteiger partial charge in [-0.3, -0.25) is 4.90 Å². The summed E-state index contributed by atoms with van der Waals surface area (Å²) in [5.74, 6) is 0. The monoisotopic (exact) mass is 254 g/mol. The molecule has 2 rings (SSSR count). The van der Waals surface area contributed by atoms with E-state index in [1.807, 2.05) is 11.3 Å². The number of hydrogen-bond donors (Lipinski definition) is 1. The van der Waals surface area contributed by atoms with Gasteiger partial charge in [-0.15, -0.1) is 11.3 Å². The number of rotatable bonds is 4. The Hall–Kier alpha value is -0.420. The second-order valence-electron chi connectivity index (χ2n) is 4.89. The number of nitrogens with zero attached hydrogens (tertiary/aromatic N) is 1. The van der Waals surface area contributed by atoms with Gasteiger partial charge in [-0.2, -0.15) is 0 Å². The third-order valence-corrected chi connectivity index (χ3v) is 5.01. The summed E-state index contributed by atoms with van der Waals surface area (Å²) in [5, 5.41) is 2.13. The van der Waals surface area contributed by atoms with Crippen LogP contribution in [0.15, 0.2) is 17.5 Å². The summed E-state index contributed by atoms with van der Waals surface area (Å²) < 4.78 is 5.65. The summed E-state index contributed by atoms with van der Waals surface area (Å²) >= 11 is 1.81. The molecular formula is C13H22N2OS. The van der Waals surface area contributed by atoms with Gasteiger partial charge in [-0.1, -0.05) is 6.07 Å². The zero-order chi connectivity index (χ0) is 12.3. The molecule has 2 heterocycles. The smallest absolute Gasteiger partial charge is 0.0662 e. The summed E-state index contributed by atoms with van der Waals surface area (Å²) in [6.07, 6.45) is 2.24. The topological polar surface area (TPSA) is 38.5 Å². The van der Waals surface area contributed by atoms with Gasteiger partial charge in [0.15, 0.2) is 0 Å². The molecule has 0 amide bonds. The molecule has 1 saturated heterocycles. The lowest BCUT2D eigenvalue weighted by molar-refractivity contribution is -0.0483. The van der Waals surface area contributed by atoms with Gasteiger partial charge < -0.3 is 10.5 Å². The summed E-state index contributed by atoms with van der Waals surface area (Å²) in [4.78, 5) is 3.80. The van der Waals surface area contributed by atoms with Crippen LogP contribution in [0.25, 0.3) is 0 Å². The minimum absolute atomic E-state index is 0.0155. The number of likely N-dealkylation sites (N-methyl/N-ethyl adjacent to an activating group) is 1. The van der Waals surface area contributed by atoms with E-state index in [1.54, 1.807) is 0 Å². The van der Waals surface area contributed by atoms with Crippen molar-refractivity contribution in [3.63, 3.8) is 0 Å². The average Bonchev–Trinajstić information content (AvgIpc) is 2.91. The lowest BCUT2D eigenvalue weighted by atomic mass is 9.89. The summed E-state index contributed by atoms with van der Waals surface area (Å²) in [6, 6.07) is 4.71. The van der Waals surface area contributed by atoms with E-state index in [-0.39, 0.29) is 5.54 Å². The molecule has 0 aliphatic carbocycles. The van der Waals surface area contributed by atoms with Crippen LogP contribution in [-0.2, 0) is 4.74 Å². The lowest BCUT2D eigenvalue weighted by Gasteiger charge is -2.46. The molecule has 0 bridgehead atoms. The lowest BCUT2D eigenvalue weighted by Crippen LogP contribution is -2.57. The van der Waals surface area contributed by atoms with Crippen molar-refractivity contribution in [1.29, 1.82) is 0 Å². The van der Waals surface area contributed by atoms with Crippen LogP contribution in [0.4, 0.5) is 0 Å². The zero-order valence-electron chi connectivity index (χ0n) is 10.7. The molecule has 1 aliphatic heterocycles. The van der Waals surface area contributed by atoms with Gasteiger partial charge in [-0.25, -0.2) is 0 Å². The first kappa shape index (κ1) is 13.0. The third kappa shape index (κ3) is 2.55. The van der Waals surface area contributed by atoms with Crippen LogP contribution in [0.3, 0.4) is 0 Å². The summed E-state index contributed by atoms with van der Waals surface area (Å²) in [7, 11) is 2.17. The molecular weight excluding hydrogens is 232 g/mol. The molecule has 2 unspecified atom stereocenters. The normalized spacial score (nSPS) is 27.3. The van der Waals surface area contributed by atoms with Gasteiger partial charge in [-0.05, 0) is 38.3 Å². The highest BCUT2D eigenvalue weighted by Gasteiger charge is 2.38. The highest BCUT2D eigenvalue weighted by molar-refractivity contribution is 7.10. The molecule has 0 aromatic carbocycles. The van der Waals surface area contributed by atoms with Crippen LogP contribution in [0, 0.1) is 0 Å². The van der Waals surface area contributed by atoms with E-state index in [0.29, 0.717) is 12.6 Å². The van der Waals surface area contributed by atoms with Crippen molar-refractivity contribution in [2.45, 2.75) is 31.3 Å². The van der Waals surface area contributed by atoms with Gasteiger partial charge >= 0.3 is 0 Å². The molecule has 1 aromatic heterocycles. The maximum Gasteiger partial charge on any atom is 0.0662 e. The molecule has 0 saturated carbocycles. The predicted octanol–water partition coefficient (Wildman–Crippen LogP) is 2.25. The van der Waals surface area contributed by atoms with Crippen LogP contribution < -0.4 is 5.73 Å². The van der Waals surface area contributed by atoms with E-state index in [9.17, 15) is 0 Å². The number of hydrogen-bond acceptors (Lipinski definition) is 4. The van der Waals surface area contributed by atoms with Crippen molar-refractivity contribution >= 4 is 11.3 Å². The summed E-state index contributed by atoms with van der Waals surface area (Å²) in [5.41, 5.74) is 6.03. The highest BCUT2D eigenvalue weighted by atomic mass is 32.1. The molecule has 4 heteroatoms. The van der Waals surface area contributed by atoms with Crippen LogP contribution in [0.2, 0.25) is 0 Å². The highest BCUT2D eigenvalue weighted by Crippen LogP contribution is 2.33. The summed E-state index contributed by atoms with van der Waals surface area (Å²) in [6.45, 7) is 4.55. The Labute approximate surface area is 108 Å². The Morgan fingerprint density at radius 1 is 1.65 bits per heavy atom. The Balaban J connectivity index is 2.13. The van der Waals surface area contributed by atoms with Crippen molar-refractivity contribution in [1.82, 2.24) is 4.90 Å². The fraction of sp³-hybridized carbons (Fsp3) is 0.692. The van der Waals surface area contributed by atoms with E-state index in [0.717, 1.165) is 26.1 Å². The molecule has 3 nitrogen and oxygen atoms in total. The third-order valence-electron chi connectivity index (χ3n) is 3.97. The number of thiophene rings is 1. The molecule has 1 aliphatic rings. The largest absolute Gasteiger partial charge is 0.379 e. The Morgan fingerprint density at radius 2 is 2.47 bits per heavy atom. The van der Waals surface area contributed by atoms with Crippen molar-refractivity contribution in [3.05, 3.63) is 22.4 Å². The molecule has 96 valence electrons. The molecule has 0 radical (unpaired) electrons. The maximum atomic E-state index is 6.01. The fourth-order valence-electron chi connectivity index (χ4n) is 2.55. The Kier molecular flexibility index (Phi) is 4.20. The van der Waals surface area contributed by atoms with E-state index < -0.39 is 0 Å². The van der Waals surface area contributed by atoms with Crippen LogP contribution in [-0.4, -0.2) is 37.2 Å². The van der Waals surface area contributed by atoms with E-state index >= 15 is 0 Å². The van der Waals surface area contributed by atoms with Crippen molar-refractivity contribution < 1.29 is 4.74 Å². The minimum Gasteiger partial charge on any atom is -0.379 e. The second-order valence-corrected chi connectivity index (χ2v) is 5.87. The van der Waals surface area contributed by atoms with Crippen molar-refractivity contribution in [2.75, 3.05) is 26.8 Å². The van der Waals surface area contributed by atoms with Gasteiger partial charge in [0.1, 0.15) is 0 Å². The fourth-order valence-corrected chi connectivity index (χ4v) is 3.38. The molecule has 1 fully saturated rings. The Morgan fingerprint density at radius 3 is 3.00 bits per heavy atom. The van der Waals surface area contributed by atoms with Crippen LogP contribution in [0.1, 0.15) is 30.7 Å². The van der Waals surface area contributed by atoms with Gasteiger partial charge in [0.25, 0.3) is 0 Å². The van der Waals surface area contributed by atoms with Gasteiger partial charge in [0.05, 0.1) is 12.1 Å². The van der Waals surface area contributed by atoms with E-state index in [2.05, 4.69) is 36.4 Å². The predicted molar refractivity (Wildman–Crippen MR) is 72.3 cm³/mol. The molecule has 17 heavy (non-hydrogen) atoms.